The van der Waals surface area contributed by atoms with Gasteiger partial charge in [0.05, 0.1) is 25.8 Å². The summed E-state index contributed by atoms with van der Waals surface area (Å²) in [6.45, 7) is -0.431. The van der Waals surface area contributed by atoms with E-state index in [9.17, 15) is 19.2 Å². The summed E-state index contributed by atoms with van der Waals surface area (Å²) in [5, 5.41) is 5.76. The van der Waals surface area contributed by atoms with Crippen LogP contribution in [0.1, 0.15) is 5.56 Å². The van der Waals surface area contributed by atoms with Gasteiger partial charge in [0.2, 0.25) is 0 Å². The first-order chi connectivity index (χ1) is 18.0. The number of imide groups is 2. The van der Waals surface area contributed by atoms with Crippen molar-refractivity contribution >= 4 is 99.2 Å². The average molecular weight is 614 g/mol. The Morgan fingerprint density at radius 3 is 2.16 bits per heavy atom. The summed E-state index contributed by atoms with van der Waals surface area (Å²) in [5.41, 5.74) is 0.570. The summed E-state index contributed by atoms with van der Waals surface area (Å²) in [6.07, 6.45) is 1.23. The van der Waals surface area contributed by atoms with Gasteiger partial charge in [0.25, 0.3) is 17.7 Å². The molecule has 0 spiro atoms. The fraction of sp³-hybridized carbons (Fsp3) is 0.0400. The van der Waals surface area contributed by atoms with Gasteiger partial charge in [0, 0.05) is 10.7 Å². The first-order valence-corrected chi connectivity index (χ1v) is 12.5. The summed E-state index contributed by atoms with van der Waals surface area (Å²) in [7, 11) is 0. The molecule has 0 bridgehead atoms. The number of benzene rings is 3. The molecule has 0 atom stereocenters. The number of carbonyl (C=O) groups excluding carboxylic acids is 4. The van der Waals surface area contributed by atoms with Crippen molar-refractivity contribution in [2.75, 3.05) is 16.8 Å². The second-order valence-electron chi connectivity index (χ2n) is 7.71. The van der Waals surface area contributed by atoms with Crippen LogP contribution < -0.4 is 20.3 Å². The van der Waals surface area contributed by atoms with Gasteiger partial charge in [0.15, 0.2) is 12.4 Å². The van der Waals surface area contributed by atoms with Crippen LogP contribution in [0, 0.1) is 0 Å². The number of carbonyl (C=O) groups is 4. The van der Waals surface area contributed by atoms with Crippen molar-refractivity contribution in [2.45, 2.75) is 0 Å². The lowest BCUT2D eigenvalue weighted by Gasteiger charge is -2.26. The number of barbiturate groups is 1. The second kappa shape index (κ2) is 11.6. The van der Waals surface area contributed by atoms with Crippen molar-refractivity contribution in [1.82, 2.24) is 5.32 Å². The van der Waals surface area contributed by atoms with E-state index in [2.05, 4.69) is 10.6 Å². The third-order valence-electron chi connectivity index (χ3n) is 5.07. The number of nitrogens with one attached hydrogen (secondary N) is 2. The zero-order chi connectivity index (χ0) is 27.6. The third-order valence-corrected chi connectivity index (χ3v) is 6.62. The Morgan fingerprint density at radius 2 is 1.53 bits per heavy atom. The fourth-order valence-electron chi connectivity index (χ4n) is 3.36. The van der Waals surface area contributed by atoms with Gasteiger partial charge in [-0.1, -0.05) is 58.0 Å². The predicted molar refractivity (Wildman–Crippen MR) is 148 cm³/mol. The molecule has 1 aliphatic rings. The molecule has 0 radical (unpaired) electrons. The van der Waals surface area contributed by atoms with Crippen LogP contribution in [-0.2, 0) is 14.4 Å². The molecule has 1 heterocycles. The van der Waals surface area contributed by atoms with E-state index in [1.165, 1.54) is 54.6 Å². The smallest absolute Gasteiger partial charge is 0.335 e. The molecule has 194 valence electrons. The molecule has 0 aromatic heterocycles. The van der Waals surface area contributed by atoms with Gasteiger partial charge in [-0.2, -0.15) is 0 Å². The highest BCUT2D eigenvalue weighted by molar-refractivity contribution is 6.42. The van der Waals surface area contributed by atoms with Gasteiger partial charge in [-0.05, 0) is 66.2 Å². The van der Waals surface area contributed by atoms with Gasteiger partial charge in [-0.15, -0.1) is 0 Å². The first-order valence-electron chi connectivity index (χ1n) is 10.6. The Labute approximate surface area is 241 Å². The maximum absolute atomic E-state index is 13.0. The standard InChI is InChI=1S/C25H14Cl5N3O5/c26-13-1-4-15(5-2-13)33-24(36)16(23(35)32-25(33)37)7-12-8-19(29)22(20(30)9-12)38-11-21(34)31-14-3-6-17(27)18(28)10-14/h1-10H,11H2,(H,31,34)(H,32,35,37)/b16-7-. The third kappa shape index (κ3) is 6.23. The lowest BCUT2D eigenvalue weighted by molar-refractivity contribution is -0.122. The molecule has 1 aliphatic heterocycles. The van der Waals surface area contributed by atoms with Gasteiger partial charge >= 0.3 is 6.03 Å². The number of ether oxygens (including phenoxy) is 1. The number of anilines is 2. The Balaban J connectivity index is 1.51. The Hall–Kier alpha value is -3.27. The van der Waals surface area contributed by atoms with Crippen LogP contribution in [-0.4, -0.2) is 30.4 Å². The van der Waals surface area contributed by atoms with Crippen molar-refractivity contribution in [3.8, 4) is 5.75 Å². The Kier molecular flexibility index (Phi) is 8.50. The molecule has 0 saturated carbocycles. The van der Waals surface area contributed by atoms with Crippen LogP contribution in [0.25, 0.3) is 6.08 Å². The maximum atomic E-state index is 13.0. The summed E-state index contributed by atoms with van der Waals surface area (Å²) < 4.78 is 5.48. The van der Waals surface area contributed by atoms with E-state index >= 15 is 0 Å². The van der Waals surface area contributed by atoms with Crippen molar-refractivity contribution in [1.29, 1.82) is 0 Å². The number of nitrogens with zero attached hydrogens (tertiary/aromatic N) is 1. The largest absolute Gasteiger partial charge is 0.481 e. The molecule has 5 amide bonds. The van der Waals surface area contributed by atoms with Gasteiger partial charge in [0.1, 0.15) is 5.57 Å². The van der Waals surface area contributed by atoms with Gasteiger partial charge in [-0.25, -0.2) is 9.69 Å². The highest BCUT2D eigenvalue weighted by atomic mass is 35.5. The lowest BCUT2D eigenvalue weighted by Crippen LogP contribution is -2.54. The van der Waals surface area contributed by atoms with Crippen molar-refractivity contribution in [2.24, 2.45) is 0 Å². The van der Waals surface area contributed by atoms with Crippen LogP contribution in [0.15, 0.2) is 60.2 Å². The summed E-state index contributed by atoms with van der Waals surface area (Å²) >= 11 is 30.3. The molecule has 3 aromatic carbocycles. The van der Waals surface area contributed by atoms with Crippen molar-refractivity contribution in [3.63, 3.8) is 0 Å². The molecule has 8 nitrogen and oxygen atoms in total. The second-order valence-corrected chi connectivity index (χ2v) is 9.78. The predicted octanol–water partition coefficient (Wildman–Crippen LogP) is 6.64. The number of hydrogen-bond donors (Lipinski definition) is 2. The number of amides is 5. The van der Waals surface area contributed by atoms with Crippen LogP contribution in [0.4, 0.5) is 16.2 Å². The van der Waals surface area contributed by atoms with Crippen LogP contribution in [0.2, 0.25) is 25.1 Å². The van der Waals surface area contributed by atoms with Crippen LogP contribution in [0.3, 0.4) is 0 Å². The molecule has 13 heteroatoms. The minimum absolute atomic E-state index is 0.0113. The summed E-state index contributed by atoms with van der Waals surface area (Å²) in [5.74, 6) is -2.25. The Bertz CT molecular complexity index is 1480. The van der Waals surface area contributed by atoms with E-state index in [1.54, 1.807) is 6.07 Å². The minimum atomic E-state index is -0.904. The quantitative estimate of drug-likeness (QED) is 0.240. The number of rotatable bonds is 6. The number of urea groups is 1. The summed E-state index contributed by atoms with van der Waals surface area (Å²) in [6, 6.07) is 12.4. The molecule has 2 N–H and O–H groups in total. The molecule has 1 fully saturated rings. The van der Waals surface area contributed by atoms with Gasteiger partial charge < -0.3 is 10.1 Å². The highest BCUT2D eigenvalue weighted by Gasteiger charge is 2.36. The molecule has 1 saturated heterocycles. The van der Waals surface area contributed by atoms with Crippen LogP contribution >= 0.6 is 58.0 Å². The first kappa shape index (κ1) is 27.8. The van der Waals surface area contributed by atoms with Gasteiger partial charge in [-0.3, -0.25) is 19.7 Å². The molecule has 38 heavy (non-hydrogen) atoms. The van der Waals surface area contributed by atoms with E-state index in [4.69, 9.17) is 62.7 Å². The molecule has 4 rings (SSSR count). The summed E-state index contributed by atoms with van der Waals surface area (Å²) in [4.78, 5) is 50.9. The topological polar surface area (TPSA) is 105 Å². The van der Waals surface area contributed by atoms with Crippen molar-refractivity contribution in [3.05, 3.63) is 90.8 Å². The molecule has 3 aromatic rings. The number of halogens is 5. The minimum Gasteiger partial charge on any atom is -0.481 e. The van der Waals surface area contributed by atoms with E-state index in [-0.39, 0.29) is 37.6 Å². The normalized spacial score (nSPS) is 14.5. The van der Waals surface area contributed by atoms with E-state index in [1.807, 2.05) is 0 Å². The fourth-order valence-corrected chi connectivity index (χ4v) is 4.40. The van der Waals surface area contributed by atoms with Crippen LogP contribution in [0.5, 0.6) is 5.75 Å². The number of hydrogen-bond acceptors (Lipinski definition) is 5. The SMILES string of the molecule is O=C(COc1c(Cl)cc(/C=C2/C(=O)NC(=O)N(c3ccc(Cl)cc3)C2=O)cc1Cl)Nc1ccc(Cl)c(Cl)c1. The van der Waals surface area contributed by atoms with E-state index < -0.39 is 30.4 Å². The maximum Gasteiger partial charge on any atom is 0.335 e. The molecule has 0 unspecified atom stereocenters. The average Bonchev–Trinajstić information content (AvgIpc) is 2.84. The monoisotopic (exact) mass is 611 g/mol. The lowest BCUT2D eigenvalue weighted by atomic mass is 10.1. The molecule has 0 aliphatic carbocycles. The Morgan fingerprint density at radius 1 is 0.868 bits per heavy atom. The highest BCUT2D eigenvalue weighted by Crippen LogP contribution is 2.35. The van der Waals surface area contributed by atoms with Crippen molar-refractivity contribution < 1.29 is 23.9 Å². The zero-order valence-corrected chi connectivity index (χ0v) is 22.6. The van der Waals surface area contributed by atoms with E-state index in [0.717, 1.165) is 4.90 Å². The zero-order valence-electron chi connectivity index (χ0n) is 18.9. The molecular formula is C25H14Cl5N3O5. The van der Waals surface area contributed by atoms with E-state index in [0.29, 0.717) is 15.7 Å². The molecular weight excluding hydrogens is 600 g/mol.